The lowest BCUT2D eigenvalue weighted by Crippen LogP contribution is -2.39. The summed E-state index contributed by atoms with van der Waals surface area (Å²) in [6, 6.07) is 25.1. The molecule has 184 valence electrons. The lowest BCUT2D eigenvalue weighted by atomic mass is 10.1. The maximum Gasteiger partial charge on any atom is 0.247 e. The van der Waals surface area contributed by atoms with Crippen LogP contribution in [-0.2, 0) is 16.1 Å². The smallest absolute Gasteiger partial charge is 0.247 e. The topological polar surface area (TPSA) is 67.7 Å². The van der Waals surface area contributed by atoms with Gasteiger partial charge < -0.3 is 19.1 Å². The number of hydrogen-bond acceptors (Lipinski definition) is 4. The predicted molar refractivity (Wildman–Crippen MR) is 142 cm³/mol. The van der Waals surface area contributed by atoms with E-state index in [-0.39, 0.29) is 30.3 Å². The average molecular weight is 483 g/mol. The van der Waals surface area contributed by atoms with Crippen molar-refractivity contribution in [1.82, 2.24) is 9.55 Å². The first-order valence-electron chi connectivity index (χ1n) is 12.2. The Kier molecular flexibility index (Phi) is 6.46. The van der Waals surface area contributed by atoms with Gasteiger partial charge in [-0.05, 0) is 50.2 Å². The van der Waals surface area contributed by atoms with Crippen LogP contribution >= 0.6 is 0 Å². The summed E-state index contributed by atoms with van der Waals surface area (Å²) >= 11 is 0. The molecule has 2 heterocycles. The third kappa shape index (κ3) is 4.44. The second-order valence-corrected chi connectivity index (χ2v) is 9.34. The summed E-state index contributed by atoms with van der Waals surface area (Å²) in [4.78, 5) is 35.2. The summed E-state index contributed by atoms with van der Waals surface area (Å²) < 4.78 is 7.33. The normalized spacial score (nSPS) is 15.6. The van der Waals surface area contributed by atoms with Gasteiger partial charge in [-0.1, -0.05) is 36.4 Å². The van der Waals surface area contributed by atoms with Crippen LogP contribution in [0.15, 0.2) is 78.9 Å². The minimum Gasteiger partial charge on any atom is -0.497 e. The van der Waals surface area contributed by atoms with Crippen LogP contribution in [0.3, 0.4) is 0 Å². The highest BCUT2D eigenvalue weighted by Crippen LogP contribution is 2.34. The highest BCUT2D eigenvalue weighted by atomic mass is 16.5. The fourth-order valence-electron chi connectivity index (χ4n) is 5.01. The molecular formula is C29H30N4O3. The van der Waals surface area contributed by atoms with Gasteiger partial charge in [-0.3, -0.25) is 9.59 Å². The van der Waals surface area contributed by atoms with Crippen molar-refractivity contribution in [2.75, 3.05) is 23.5 Å². The van der Waals surface area contributed by atoms with Crippen LogP contribution < -0.4 is 14.5 Å². The Morgan fingerprint density at radius 2 is 1.81 bits per heavy atom. The molecule has 7 heteroatoms. The van der Waals surface area contributed by atoms with Gasteiger partial charge in [-0.15, -0.1) is 0 Å². The molecule has 1 aliphatic rings. The number of carbonyl (C=O) groups excluding carboxylic acids is 2. The van der Waals surface area contributed by atoms with Crippen LogP contribution in [0.25, 0.3) is 11.0 Å². The number of hydrogen-bond donors (Lipinski definition) is 0. The molecule has 0 bridgehead atoms. The van der Waals surface area contributed by atoms with Crippen LogP contribution in [0.2, 0.25) is 0 Å². The second-order valence-electron chi connectivity index (χ2n) is 9.34. The summed E-state index contributed by atoms with van der Waals surface area (Å²) in [5.74, 6) is 1.35. The Hall–Kier alpha value is -4.13. The molecule has 7 nitrogen and oxygen atoms in total. The van der Waals surface area contributed by atoms with E-state index in [0.717, 1.165) is 28.2 Å². The molecule has 4 aromatic rings. The number of nitrogens with zero attached hydrogens (tertiary/aromatic N) is 4. The molecule has 3 aromatic carbocycles. The van der Waals surface area contributed by atoms with Gasteiger partial charge in [0.05, 0.1) is 18.1 Å². The van der Waals surface area contributed by atoms with E-state index in [4.69, 9.17) is 9.72 Å². The third-order valence-corrected chi connectivity index (χ3v) is 6.65. The van der Waals surface area contributed by atoms with Gasteiger partial charge in [0.25, 0.3) is 0 Å². The molecule has 0 saturated carbocycles. The highest BCUT2D eigenvalue weighted by molar-refractivity contribution is 5.97. The Morgan fingerprint density at radius 1 is 1.06 bits per heavy atom. The van der Waals surface area contributed by atoms with E-state index in [0.29, 0.717) is 18.7 Å². The van der Waals surface area contributed by atoms with E-state index in [1.807, 2.05) is 102 Å². The second kappa shape index (κ2) is 9.85. The van der Waals surface area contributed by atoms with Crippen molar-refractivity contribution in [3.63, 3.8) is 0 Å². The SMILES string of the molecule is COc1cccc(N2C[C@@H](c3nc4ccccc4n3CC(=O)N(c3ccccc3)C(C)C)CC2=O)c1. The van der Waals surface area contributed by atoms with E-state index >= 15 is 0 Å². The summed E-state index contributed by atoms with van der Waals surface area (Å²) in [5, 5.41) is 0. The Balaban J connectivity index is 1.49. The number of methoxy groups -OCH3 is 1. The fourth-order valence-corrected chi connectivity index (χ4v) is 5.01. The van der Waals surface area contributed by atoms with E-state index in [2.05, 4.69) is 0 Å². The first kappa shape index (κ1) is 23.6. The highest BCUT2D eigenvalue weighted by Gasteiger charge is 2.35. The largest absolute Gasteiger partial charge is 0.497 e. The number of rotatable bonds is 7. The molecule has 5 rings (SSSR count). The number of ether oxygens (including phenoxy) is 1. The lowest BCUT2D eigenvalue weighted by molar-refractivity contribution is -0.119. The first-order chi connectivity index (χ1) is 17.5. The molecule has 0 aliphatic carbocycles. The lowest BCUT2D eigenvalue weighted by Gasteiger charge is -2.27. The van der Waals surface area contributed by atoms with Crippen molar-refractivity contribution in [3.05, 3.63) is 84.7 Å². The van der Waals surface area contributed by atoms with E-state index < -0.39 is 0 Å². The van der Waals surface area contributed by atoms with Crippen LogP contribution in [0.5, 0.6) is 5.75 Å². The van der Waals surface area contributed by atoms with Crippen molar-refractivity contribution in [1.29, 1.82) is 0 Å². The molecule has 0 spiro atoms. The van der Waals surface area contributed by atoms with Crippen LogP contribution in [0.4, 0.5) is 11.4 Å². The number of carbonyl (C=O) groups is 2. The van der Waals surface area contributed by atoms with Gasteiger partial charge in [0.1, 0.15) is 18.1 Å². The maximum absolute atomic E-state index is 13.7. The van der Waals surface area contributed by atoms with Gasteiger partial charge >= 0.3 is 0 Å². The van der Waals surface area contributed by atoms with Gasteiger partial charge in [0.15, 0.2) is 0 Å². The minimum atomic E-state index is -0.131. The van der Waals surface area contributed by atoms with Crippen LogP contribution in [0, 0.1) is 0 Å². The Bertz CT molecular complexity index is 1400. The van der Waals surface area contributed by atoms with Crippen molar-refractivity contribution < 1.29 is 14.3 Å². The zero-order chi connectivity index (χ0) is 25.2. The monoisotopic (exact) mass is 482 g/mol. The van der Waals surface area contributed by atoms with Crippen molar-refractivity contribution in [3.8, 4) is 5.75 Å². The van der Waals surface area contributed by atoms with E-state index in [9.17, 15) is 9.59 Å². The zero-order valence-corrected chi connectivity index (χ0v) is 20.8. The van der Waals surface area contributed by atoms with E-state index in [1.165, 1.54) is 0 Å². The number of para-hydroxylation sites is 3. The third-order valence-electron chi connectivity index (χ3n) is 6.65. The Morgan fingerprint density at radius 3 is 2.56 bits per heavy atom. The summed E-state index contributed by atoms with van der Waals surface area (Å²) in [5.41, 5.74) is 3.38. The summed E-state index contributed by atoms with van der Waals surface area (Å²) in [7, 11) is 1.61. The van der Waals surface area contributed by atoms with Gasteiger partial charge in [0.2, 0.25) is 11.8 Å². The van der Waals surface area contributed by atoms with E-state index in [1.54, 1.807) is 12.0 Å². The number of anilines is 2. The molecular weight excluding hydrogens is 452 g/mol. The van der Waals surface area contributed by atoms with Crippen molar-refractivity contribution >= 4 is 34.2 Å². The maximum atomic E-state index is 13.7. The molecule has 0 N–H and O–H groups in total. The molecule has 0 radical (unpaired) electrons. The number of fused-ring (bicyclic) bond motifs is 1. The van der Waals surface area contributed by atoms with Crippen molar-refractivity contribution in [2.45, 2.75) is 38.8 Å². The van der Waals surface area contributed by atoms with Gasteiger partial charge in [-0.25, -0.2) is 4.98 Å². The number of imidazole rings is 1. The number of aromatic nitrogens is 2. The first-order valence-corrected chi connectivity index (χ1v) is 12.2. The van der Waals surface area contributed by atoms with Crippen molar-refractivity contribution in [2.24, 2.45) is 0 Å². The quantitative estimate of drug-likeness (QED) is 0.372. The standard InChI is InChI=1S/C29H30N4O3/c1-20(2)33(22-10-5-4-6-11-22)28(35)19-32-26-15-8-7-14-25(26)30-29(32)21-16-27(34)31(18-21)23-12-9-13-24(17-23)36-3/h4-15,17,20-21H,16,18-19H2,1-3H3/t21-/m0/s1. The zero-order valence-electron chi connectivity index (χ0n) is 20.8. The molecule has 1 atom stereocenters. The van der Waals surface area contributed by atoms with Gasteiger partial charge in [-0.2, -0.15) is 0 Å². The molecule has 1 aliphatic heterocycles. The van der Waals surface area contributed by atoms with Gasteiger partial charge in [0, 0.05) is 42.4 Å². The van der Waals surface area contributed by atoms with Crippen LogP contribution in [-0.4, -0.2) is 41.1 Å². The molecule has 2 amide bonds. The van der Waals surface area contributed by atoms with Crippen LogP contribution in [0.1, 0.15) is 32.0 Å². The Labute approximate surface area is 210 Å². The summed E-state index contributed by atoms with van der Waals surface area (Å²) in [6.07, 6.45) is 0.335. The predicted octanol–water partition coefficient (Wildman–Crippen LogP) is 5.01. The molecule has 0 unspecified atom stereocenters. The molecule has 1 aromatic heterocycles. The summed E-state index contributed by atoms with van der Waals surface area (Å²) in [6.45, 7) is 4.67. The average Bonchev–Trinajstić information content (AvgIpc) is 3.45. The minimum absolute atomic E-state index is 0.00486. The molecule has 36 heavy (non-hydrogen) atoms. The molecule has 1 saturated heterocycles. The number of benzene rings is 3. The fraction of sp³-hybridized carbons (Fsp3) is 0.276. The number of amides is 2. The molecule has 1 fully saturated rings.